The molecule has 0 aliphatic rings. The summed E-state index contributed by atoms with van der Waals surface area (Å²) in [4.78, 5) is 27.4. The zero-order valence-electron chi connectivity index (χ0n) is 13.9. The molecule has 3 aromatic rings. The lowest BCUT2D eigenvalue weighted by Crippen LogP contribution is -2.29. The summed E-state index contributed by atoms with van der Waals surface area (Å²) in [5.74, 6) is -0.503. The molecular formula is C16H15ClN6O4. The molecule has 5 N–H and O–H groups in total. The van der Waals surface area contributed by atoms with Crippen LogP contribution in [0, 0.1) is 0 Å². The predicted octanol–water partition coefficient (Wildman–Crippen LogP) is 0.285. The highest BCUT2D eigenvalue weighted by Crippen LogP contribution is 2.19. The second-order valence-corrected chi connectivity index (χ2v) is 6.11. The Hall–Kier alpha value is -3.24. The third kappa shape index (κ3) is 4.13. The van der Waals surface area contributed by atoms with E-state index in [1.165, 1.54) is 0 Å². The first-order valence-corrected chi connectivity index (χ1v) is 8.13. The van der Waals surface area contributed by atoms with Gasteiger partial charge in [-0.15, -0.1) is 0 Å². The Labute approximate surface area is 157 Å². The topological polar surface area (TPSA) is 163 Å². The third-order valence-electron chi connectivity index (χ3n) is 3.77. The second-order valence-electron chi connectivity index (χ2n) is 5.67. The van der Waals surface area contributed by atoms with Gasteiger partial charge in [0.1, 0.15) is 12.2 Å². The first kappa shape index (κ1) is 18.5. The number of nitrogens with two attached hydrogens (primary N) is 2. The van der Waals surface area contributed by atoms with Gasteiger partial charge >= 0.3 is 0 Å². The predicted molar refractivity (Wildman–Crippen MR) is 94.9 cm³/mol. The quantitative estimate of drug-likeness (QED) is 0.540. The molecular weight excluding hydrogens is 376 g/mol. The van der Waals surface area contributed by atoms with Crippen LogP contribution in [0.2, 0.25) is 5.02 Å². The van der Waals surface area contributed by atoms with Crippen LogP contribution < -0.4 is 17.0 Å². The summed E-state index contributed by atoms with van der Waals surface area (Å²) >= 11 is 5.82. The molecule has 140 valence electrons. The van der Waals surface area contributed by atoms with Gasteiger partial charge in [0.25, 0.3) is 11.5 Å². The summed E-state index contributed by atoms with van der Waals surface area (Å²) in [6.45, 7) is -0.147. The number of anilines is 1. The molecule has 11 heteroatoms. The molecule has 0 radical (unpaired) electrons. The van der Waals surface area contributed by atoms with Gasteiger partial charge in [-0.3, -0.25) is 9.59 Å². The fourth-order valence-corrected chi connectivity index (χ4v) is 2.48. The van der Waals surface area contributed by atoms with Crippen molar-refractivity contribution in [2.24, 2.45) is 5.73 Å². The Kier molecular flexibility index (Phi) is 5.19. The average Bonchev–Trinajstić information content (AvgIpc) is 3.06. The minimum absolute atomic E-state index is 0.0918. The van der Waals surface area contributed by atoms with Gasteiger partial charge in [0, 0.05) is 11.4 Å². The van der Waals surface area contributed by atoms with Gasteiger partial charge < -0.3 is 21.1 Å². The molecule has 3 rings (SSSR count). The molecule has 0 aliphatic heterocycles. The van der Waals surface area contributed by atoms with Crippen molar-refractivity contribution in [2.75, 3.05) is 5.73 Å². The summed E-state index contributed by atoms with van der Waals surface area (Å²) in [6, 6.07) is 6.72. The highest BCUT2D eigenvalue weighted by molar-refractivity contribution is 6.30. The van der Waals surface area contributed by atoms with E-state index in [0.29, 0.717) is 10.6 Å². The lowest BCUT2D eigenvalue weighted by Gasteiger charge is -2.08. The average molecular weight is 391 g/mol. The van der Waals surface area contributed by atoms with Crippen LogP contribution >= 0.6 is 11.6 Å². The van der Waals surface area contributed by atoms with E-state index in [-0.39, 0.29) is 35.9 Å². The number of amides is 1. The highest BCUT2D eigenvalue weighted by Gasteiger charge is 2.17. The van der Waals surface area contributed by atoms with E-state index in [9.17, 15) is 14.7 Å². The number of hydrogen-bond donors (Lipinski definition) is 3. The Morgan fingerprint density at radius 1 is 1.33 bits per heavy atom. The van der Waals surface area contributed by atoms with Gasteiger partial charge in [-0.1, -0.05) is 28.9 Å². The number of nitrogen functional groups attached to an aromatic ring is 1. The minimum Gasteiger partial charge on any atom is -0.394 e. The fourth-order valence-electron chi connectivity index (χ4n) is 2.35. The molecule has 0 saturated heterocycles. The van der Waals surface area contributed by atoms with Crippen molar-refractivity contribution < 1.29 is 14.4 Å². The van der Waals surface area contributed by atoms with Crippen molar-refractivity contribution in [3.05, 3.63) is 68.7 Å². The number of carbonyl (C=O) groups is 1. The molecule has 0 bridgehead atoms. The van der Waals surface area contributed by atoms with E-state index in [2.05, 4.69) is 15.2 Å². The number of carbonyl (C=O) groups excluding carboxylic acids is 1. The molecule has 0 aliphatic carbocycles. The van der Waals surface area contributed by atoms with E-state index in [1.54, 1.807) is 24.3 Å². The summed E-state index contributed by atoms with van der Waals surface area (Å²) < 4.78 is 6.04. The number of rotatable bonds is 6. The number of primary amides is 1. The molecule has 0 saturated carbocycles. The number of aliphatic hydroxyl groups is 1. The molecule has 0 spiro atoms. The lowest BCUT2D eigenvalue weighted by atomic mass is 10.1. The Morgan fingerprint density at radius 2 is 2.04 bits per heavy atom. The van der Waals surface area contributed by atoms with Crippen molar-refractivity contribution in [1.82, 2.24) is 19.9 Å². The van der Waals surface area contributed by atoms with Crippen LogP contribution in [-0.2, 0) is 13.0 Å². The van der Waals surface area contributed by atoms with Crippen LogP contribution in [0.15, 0.2) is 39.8 Å². The largest absolute Gasteiger partial charge is 0.394 e. The maximum absolute atomic E-state index is 12.1. The van der Waals surface area contributed by atoms with Gasteiger partial charge in [0.2, 0.25) is 5.89 Å². The highest BCUT2D eigenvalue weighted by atomic mass is 35.5. The van der Waals surface area contributed by atoms with Gasteiger partial charge in [-0.05, 0) is 17.7 Å². The maximum Gasteiger partial charge on any atom is 0.291 e. The van der Waals surface area contributed by atoms with Gasteiger partial charge in [0.15, 0.2) is 5.82 Å². The van der Waals surface area contributed by atoms with Crippen LogP contribution in [0.3, 0.4) is 0 Å². The van der Waals surface area contributed by atoms with E-state index >= 15 is 0 Å². The number of nitrogens with zero attached hydrogens (tertiary/aromatic N) is 4. The normalized spacial score (nSPS) is 12.1. The van der Waals surface area contributed by atoms with Crippen LogP contribution in [-0.4, -0.2) is 30.9 Å². The van der Waals surface area contributed by atoms with Crippen molar-refractivity contribution in [3.63, 3.8) is 0 Å². The van der Waals surface area contributed by atoms with Crippen molar-refractivity contribution in [3.8, 4) is 0 Å². The van der Waals surface area contributed by atoms with Crippen LogP contribution in [0.25, 0.3) is 0 Å². The molecule has 0 unspecified atom stereocenters. The monoisotopic (exact) mass is 390 g/mol. The third-order valence-corrected chi connectivity index (χ3v) is 4.02. The van der Waals surface area contributed by atoms with E-state index in [1.807, 2.05) is 0 Å². The lowest BCUT2D eigenvalue weighted by molar-refractivity contribution is 0.100. The molecule has 10 nitrogen and oxygen atoms in total. The van der Waals surface area contributed by atoms with E-state index in [4.69, 9.17) is 27.6 Å². The van der Waals surface area contributed by atoms with Crippen molar-refractivity contribution in [2.45, 2.75) is 19.1 Å². The molecule has 1 atom stereocenters. The summed E-state index contributed by atoms with van der Waals surface area (Å²) in [6.07, 6.45) is 0.357. The summed E-state index contributed by atoms with van der Waals surface area (Å²) in [5.41, 5.74) is 10.2. The van der Waals surface area contributed by atoms with E-state index < -0.39 is 17.6 Å². The Morgan fingerprint density at radius 3 is 2.70 bits per heavy atom. The molecule has 2 heterocycles. The summed E-state index contributed by atoms with van der Waals surface area (Å²) in [7, 11) is 0. The number of benzene rings is 1. The molecule has 27 heavy (non-hydrogen) atoms. The zero-order chi connectivity index (χ0) is 19.6. The maximum atomic E-state index is 12.1. The molecule has 2 aromatic heterocycles. The second kappa shape index (κ2) is 7.56. The number of hydrogen-bond acceptors (Lipinski definition) is 8. The Balaban J connectivity index is 1.73. The first-order valence-electron chi connectivity index (χ1n) is 7.75. The van der Waals surface area contributed by atoms with Crippen molar-refractivity contribution >= 4 is 23.2 Å². The number of aromatic nitrogens is 4. The molecule has 1 aromatic carbocycles. The smallest absolute Gasteiger partial charge is 0.291 e. The number of aliphatic hydroxyl groups excluding tert-OH is 1. The standard InChI is InChI=1S/C16H15ClN6O4/c17-9-3-1-8(2-4-9)11(24)5-12-21-13(27-22-12)7-23-16(26)14(18)10(6-20-23)15(19)25/h1-4,6,11,24H,5,7,18H2,(H2,19,25)/t11-/m0/s1. The Bertz CT molecular complexity index is 1030. The van der Waals surface area contributed by atoms with Gasteiger partial charge in [0.05, 0.1) is 17.9 Å². The van der Waals surface area contributed by atoms with E-state index in [0.717, 1.165) is 10.9 Å². The first-order chi connectivity index (χ1) is 12.8. The van der Waals surface area contributed by atoms with Gasteiger partial charge in [-0.2, -0.15) is 10.1 Å². The van der Waals surface area contributed by atoms with Crippen LogP contribution in [0.1, 0.15) is 33.7 Å². The number of halogens is 1. The molecule has 0 fully saturated rings. The SMILES string of the molecule is NC(=O)c1cnn(Cc2nc(C[C@H](O)c3ccc(Cl)cc3)no2)c(=O)c1N. The summed E-state index contributed by atoms with van der Waals surface area (Å²) in [5, 5.41) is 18.4. The van der Waals surface area contributed by atoms with Crippen molar-refractivity contribution in [1.29, 1.82) is 0 Å². The fraction of sp³-hybridized carbons (Fsp3) is 0.188. The zero-order valence-corrected chi connectivity index (χ0v) is 14.6. The molecule has 1 amide bonds. The van der Waals surface area contributed by atoms with Crippen LogP contribution in [0.5, 0.6) is 0 Å². The minimum atomic E-state index is -0.848. The van der Waals surface area contributed by atoms with Crippen LogP contribution in [0.4, 0.5) is 5.69 Å². The van der Waals surface area contributed by atoms with Gasteiger partial charge in [-0.25, -0.2) is 4.68 Å².